The molecule has 0 unspecified atom stereocenters. The van der Waals surface area contributed by atoms with Gasteiger partial charge < -0.3 is 5.73 Å². The van der Waals surface area contributed by atoms with Gasteiger partial charge >= 0.3 is 0 Å². The average molecular weight is 265 g/mol. The van der Waals surface area contributed by atoms with Crippen LogP contribution in [0.1, 0.15) is 5.69 Å². The van der Waals surface area contributed by atoms with Crippen LogP contribution in [0, 0.1) is 0 Å². The van der Waals surface area contributed by atoms with Crippen LogP contribution >= 0.6 is 0 Å². The van der Waals surface area contributed by atoms with E-state index in [1.54, 1.807) is 36.1 Å². The summed E-state index contributed by atoms with van der Waals surface area (Å²) in [6, 6.07) is 8.18. The molecule has 1 aromatic carbocycles. The van der Waals surface area contributed by atoms with Crippen molar-refractivity contribution in [3.8, 4) is 0 Å². The number of aromatic nitrogens is 2. The fourth-order valence-electron chi connectivity index (χ4n) is 1.71. The third kappa shape index (κ3) is 2.70. The van der Waals surface area contributed by atoms with Gasteiger partial charge in [-0.3, -0.25) is 4.68 Å². The number of nitrogens with two attached hydrogens (primary N) is 1. The molecule has 0 atom stereocenters. The van der Waals surface area contributed by atoms with Crippen molar-refractivity contribution < 1.29 is 8.42 Å². The molecule has 6 heteroatoms. The number of anilines is 1. The molecule has 0 saturated carbocycles. The first-order valence-corrected chi connectivity index (χ1v) is 7.19. The topological polar surface area (TPSA) is 78.0 Å². The molecule has 0 spiro atoms. The van der Waals surface area contributed by atoms with Gasteiger partial charge in [0.2, 0.25) is 0 Å². The van der Waals surface area contributed by atoms with Gasteiger partial charge in [-0.25, -0.2) is 8.42 Å². The second kappa shape index (κ2) is 4.81. The summed E-state index contributed by atoms with van der Waals surface area (Å²) in [5.74, 6) is 0.0516. The number of hydrogen-bond donors (Lipinski definition) is 1. The summed E-state index contributed by atoms with van der Waals surface area (Å²) in [5, 5.41) is 4.01. The van der Waals surface area contributed by atoms with Gasteiger partial charge in [-0.2, -0.15) is 5.10 Å². The number of aryl methyl sites for hydroxylation is 2. The summed E-state index contributed by atoms with van der Waals surface area (Å²) in [6.07, 6.45) is 2.09. The van der Waals surface area contributed by atoms with Crippen LogP contribution < -0.4 is 5.73 Å². The number of nitrogen functional groups attached to an aromatic ring is 1. The number of sulfone groups is 1. The van der Waals surface area contributed by atoms with Crippen LogP contribution in [-0.4, -0.2) is 24.0 Å². The highest BCUT2D eigenvalue weighted by Gasteiger charge is 2.15. The minimum Gasteiger partial charge on any atom is -0.399 e. The Kier molecular flexibility index (Phi) is 3.38. The van der Waals surface area contributed by atoms with E-state index in [1.807, 2.05) is 6.07 Å². The standard InChI is InChI=1S/C12H15N3O2S/c1-15-11(5-7-14-15)6-8-18(16,17)12-4-2-3-10(13)9-12/h2-5,7,9H,6,8,13H2,1H3. The summed E-state index contributed by atoms with van der Waals surface area (Å²) < 4.78 is 25.9. The van der Waals surface area contributed by atoms with Gasteiger partial charge in [-0.05, 0) is 24.3 Å². The van der Waals surface area contributed by atoms with Crippen molar-refractivity contribution in [3.63, 3.8) is 0 Å². The van der Waals surface area contributed by atoms with E-state index in [-0.39, 0.29) is 10.6 Å². The summed E-state index contributed by atoms with van der Waals surface area (Å²) in [7, 11) is -1.50. The monoisotopic (exact) mass is 265 g/mol. The SMILES string of the molecule is Cn1nccc1CCS(=O)(=O)c1cccc(N)c1. The molecule has 0 aliphatic heterocycles. The average Bonchev–Trinajstić information content (AvgIpc) is 2.72. The van der Waals surface area contributed by atoms with Crippen molar-refractivity contribution in [2.24, 2.45) is 7.05 Å². The molecule has 2 N–H and O–H groups in total. The van der Waals surface area contributed by atoms with Gasteiger partial charge in [0.05, 0.1) is 10.6 Å². The number of nitrogens with zero attached hydrogens (tertiary/aromatic N) is 2. The maximum atomic E-state index is 12.1. The predicted molar refractivity (Wildman–Crippen MR) is 69.8 cm³/mol. The fourth-order valence-corrected chi connectivity index (χ4v) is 3.03. The lowest BCUT2D eigenvalue weighted by Crippen LogP contribution is -2.11. The van der Waals surface area contributed by atoms with E-state index >= 15 is 0 Å². The van der Waals surface area contributed by atoms with E-state index in [4.69, 9.17) is 5.73 Å². The van der Waals surface area contributed by atoms with Gasteiger partial charge in [0.15, 0.2) is 9.84 Å². The highest BCUT2D eigenvalue weighted by molar-refractivity contribution is 7.91. The van der Waals surface area contributed by atoms with Crippen molar-refractivity contribution in [1.29, 1.82) is 0 Å². The lowest BCUT2D eigenvalue weighted by molar-refractivity contribution is 0.593. The van der Waals surface area contributed by atoms with Crippen LogP contribution in [0.2, 0.25) is 0 Å². The van der Waals surface area contributed by atoms with Crippen molar-refractivity contribution >= 4 is 15.5 Å². The van der Waals surface area contributed by atoms with Crippen LogP contribution in [0.3, 0.4) is 0 Å². The molecule has 0 bridgehead atoms. The minimum atomic E-state index is -3.30. The second-order valence-corrected chi connectivity index (χ2v) is 6.20. The third-order valence-electron chi connectivity index (χ3n) is 2.77. The normalized spacial score (nSPS) is 11.6. The van der Waals surface area contributed by atoms with Crippen LogP contribution in [-0.2, 0) is 23.3 Å². The molecular formula is C12H15N3O2S. The fraction of sp³-hybridized carbons (Fsp3) is 0.250. The molecule has 18 heavy (non-hydrogen) atoms. The maximum Gasteiger partial charge on any atom is 0.178 e. The smallest absolute Gasteiger partial charge is 0.178 e. The zero-order chi connectivity index (χ0) is 13.2. The van der Waals surface area contributed by atoms with E-state index in [9.17, 15) is 8.42 Å². The van der Waals surface area contributed by atoms with Crippen LogP contribution in [0.25, 0.3) is 0 Å². The van der Waals surface area contributed by atoms with E-state index < -0.39 is 9.84 Å². The molecule has 0 amide bonds. The number of rotatable bonds is 4. The Bertz CT molecular complexity index is 647. The molecule has 5 nitrogen and oxygen atoms in total. The van der Waals surface area contributed by atoms with E-state index in [2.05, 4.69) is 5.10 Å². The predicted octanol–water partition coefficient (Wildman–Crippen LogP) is 1.02. The molecule has 1 heterocycles. The molecule has 0 aliphatic carbocycles. The van der Waals surface area contributed by atoms with E-state index in [0.29, 0.717) is 12.1 Å². The van der Waals surface area contributed by atoms with Crippen LogP contribution in [0.15, 0.2) is 41.4 Å². The van der Waals surface area contributed by atoms with E-state index in [1.165, 1.54) is 6.07 Å². The van der Waals surface area contributed by atoms with Gasteiger partial charge in [-0.15, -0.1) is 0 Å². The van der Waals surface area contributed by atoms with Crippen molar-refractivity contribution in [1.82, 2.24) is 9.78 Å². The largest absolute Gasteiger partial charge is 0.399 e. The summed E-state index contributed by atoms with van der Waals surface area (Å²) in [4.78, 5) is 0.268. The van der Waals surface area contributed by atoms with Gasteiger partial charge in [0.25, 0.3) is 0 Å². The van der Waals surface area contributed by atoms with E-state index in [0.717, 1.165) is 5.69 Å². The number of hydrogen-bond acceptors (Lipinski definition) is 4. The molecule has 0 fully saturated rings. The van der Waals surface area contributed by atoms with Crippen LogP contribution in [0.5, 0.6) is 0 Å². The Hall–Kier alpha value is -1.82. The molecule has 0 aliphatic rings. The Labute approximate surface area is 106 Å². The van der Waals surface area contributed by atoms with Crippen molar-refractivity contribution in [2.45, 2.75) is 11.3 Å². The minimum absolute atomic E-state index is 0.0516. The molecule has 96 valence electrons. The zero-order valence-electron chi connectivity index (χ0n) is 10.1. The lowest BCUT2D eigenvalue weighted by atomic mass is 10.3. The molecule has 1 aromatic heterocycles. The summed E-state index contributed by atoms with van der Waals surface area (Å²) in [5.41, 5.74) is 6.94. The van der Waals surface area contributed by atoms with Gasteiger partial charge in [0.1, 0.15) is 0 Å². The Morgan fingerprint density at radius 2 is 2.11 bits per heavy atom. The molecule has 0 radical (unpaired) electrons. The van der Waals surface area contributed by atoms with Crippen molar-refractivity contribution in [3.05, 3.63) is 42.2 Å². The lowest BCUT2D eigenvalue weighted by Gasteiger charge is -2.05. The van der Waals surface area contributed by atoms with Crippen LogP contribution in [0.4, 0.5) is 5.69 Å². The quantitative estimate of drug-likeness (QED) is 0.837. The van der Waals surface area contributed by atoms with Gasteiger partial charge in [0, 0.05) is 31.0 Å². The maximum absolute atomic E-state index is 12.1. The first kappa shape index (κ1) is 12.6. The Morgan fingerprint density at radius 3 is 2.72 bits per heavy atom. The number of benzene rings is 1. The summed E-state index contributed by atoms with van der Waals surface area (Å²) >= 11 is 0. The Balaban J connectivity index is 2.16. The highest BCUT2D eigenvalue weighted by atomic mass is 32.2. The molecule has 2 aromatic rings. The highest BCUT2D eigenvalue weighted by Crippen LogP contribution is 2.15. The van der Waals surface area contributed by atoms with Crippen molar-refractivity contribution in [2.75, 3.05) is 11.5 Å². The molecule has 0 saturated heterocycles. The first-order valence-electron chi connectivity index (χ1n) is 5.54. The first-order chi connectivity index (χ1) is 8.49. The molecular weight excluding hydrogens is 250 g/mol. The van der Waals surface area contributed by atoms with Gasteiger partial charge in [-0.1, -0.05) is 6.07 Å². The molecule has 2 rings (SSSR count). The second-order valence-electron chi connectivity index (χ2n) is 4.09. The third-order valence-corrected chi connectivity index (χ3v) is 4.48. The zero-order valence-corrected chi connectivity index (χ0v) is 10.9. The Morgan fingerprint density at radius 1 is 1.33 bits per heavy atom. The summed E-state index contributed by atoms with van der Waals surface area (Å²) in [6.45, 7) is 0.